The predicted octanol–water partition coefficient (Wildman–Crippen LogP) is 0.235. The third-order valence-corrected chi connectivity index (χ3v) is 13.0. The van der Waals surface area contributed by atoms with Crippen LogP contribution in [-0.2, 0) is 33.6 Å². The van der Waals surface area contributed by atoms with Crippen LogP contribution in [0.1, 0.15) is 34.9 Å². The van der Waals surface area contributed by atoms with E-state index in [9.17, 15) is 68.4 Å². The van der Waals surface area contributed by atoms with Crippen molar-refractivity contribution in [2.45, 2.75) is 78.6 Å². The minimum absolute atomic E-state index is 0.0104. The molecular weight excluding hydrogens is 814 g/mol. The molecule has 3 fully saturated rings. The van der Waals surface area contributed by atoms with Crippen molar-refractivity contribution in [1.82, 2.24) is 0 Å². The van der Waals surface area contributed by atoms with Gasteiger partial charge in [0.15, 0.2) is 27.5 Å². The first kappa shape index (κ1) is 43.2. The fraction of sp³-hybridized carbons (Fsp3) is 0.366. The number of phenolic OH excluding ortho intramolecular Hbond substituents is 1. The average Bonchev–Trinajstić information content (AvgIpc) is 3.22. The van der Waals surface area contributed by atoms with Crippen molar-refractivity contribution in [3.63, 3.8) is 0 Å². The number of carbonyl (C=O) groups is 2. The maximum Gasteiger partial charge on any atom is 0.335 e. The molecular formula is C41H42FNO16S. The molecule has 0 aromatic heterocycles. The molecule has 19 heteroatoms. The molecule has 17 nitrogen and oxygen atoms in total. The summed E-state index contributed by atoms with van der Waals surface area (Å²) in [5.74, 6) is -4.68. The van der Waals surface area contributed by atoms with Crippen LogP contribution in [0, 0.1) is 5.82 Å². The van der Waals surface area contributed by atoms with Crippen LogP contribution in [0.5, 0.6) is 5.75 Å². The van der Waals surface area contributed by atoms with Gasteiger partial charge in [0.2, 0.25) is 5.91 Å². The van der Waals surface area contributed by atoms with Gasteiger partial charge in [-0.15, -0.1) is 0 Å². The molecule has 0 bridgehead atoms. The predicted molar refractivity (Wildman–Crippen MR) is 205 cm³/mol. The van der Waals surface area contributed by atoms with E-state index in [0.29, 0.717) is 22.4 Å². The average molecular weight is 856 g/mol. The number of amides is 1. The Morgan fingerprint density at radius 3 is 2.03 bits per heavy atom. The summed E-state index contributed by atoms with van der Waals surface area (Å²) in [4.78, 5) is 26.9. The van der Waals surface area contributed by atoms with Gasteiger partial charge in [-0.2, -0.15) is 0 Å². The standard InChI is InChI=1S/C41H42FNO16S/c42-23-13-10-20(11-14-23)28(58-41-35(51)32(48)34(50)37(59-41)40(53)54)18-60(55,56)38-29(43(39(38)52)24-4-2-1-3-5-24)25-15-12-22(16-26(25)45)19-6-8-21(9-7-19)36-33(49)31(47)30(46)27(17-44)57-36/h1-16,27-38,41,44-51H,17-18H2,(H,53,54)/t27-,28+,29-,30-,31+,32+,33-,34-,35?,36?,37?,38-,41-/m1/s1. The molecule has 0 aliphatic carbocycles. The summed E-state index contributed by atoms with van der Waals surface area (Å²) in [6.45, 7) is -0.602. The lowest BCUT2D eigenvalue weighted by Crippen LogP contribution is -2.63. The second kappa shape index (κ2) is 17.2. The van der Waals surface area contributed by atoms with Gasteiger partial charge in [0.1, 0.15) is 60.4 Å². The van der Waals surface area contributed by atoms with Crippen molar-refractivity contribution < 1.29 is 82.6 Å². The molecule has 60 heavy (non-hydrogen) atoms. The number of hydrogen-bond donors (Lipinski definition) is 9. The highest BCUT2D eigenvalue weighted by Gasteiger charge is 2.57. The van der Waals surface area contributed by atoms with Crippen molar-refractivity contribution in [2.24, 2.45) is 0 Å². The Balaban J connectivity index is 1.19. The normalized spacial score (nSPS) is 31.3. The number of β-lactam (4-membered cyclic amide) rings is 1. The fourth-order valence-electron chi connectivity index (χ4n) is 7.74. The lowest BCUT2D eigenvalue weighted by Gasteiger charge is -2.47. The van der Waals surface area contributed by atoms with Gasteiger partial charge in [0.25, 0.3) is 0 Å². The molecule has 0 saturated carbocycles. The number of carboxylic acid groups (broad SMARTS) is 1. The lowest BCUT2D eigenvalue weighted by molar-refractivity contribution is -0.303. The van der Waals surface area contributed by atoms with Crippen LogP contribution in [0.25, 0.3) is 11.1 Å². The minimum Gasteiger partial charge on any atom is -0.508 e. The summed E-state index contributed by atoms with van der Waals surface area (Å²) in [6.07, 6.45) is -18.8. The molecule has 4 aromatic carbocycles. The molecule has 0 spiro atoms. The maximum atomic E-state index is 14.5. The number of aromatic hydroxyl groups is 1. The van der Waals surface area contributed by atoms with Gasteiger partial charge in [0, 0.05) is 11.3 Å². The second-order valence-electron chi connectivity index (χ2n) is 14.8. The van der Waals surface area contributed by atoms with Gasteiger partial charge in [-0.05, 0) is 52.6 Å². The molecule has 3 saturated heterocycles. The summed E-state index contributed by atoms with van der Waals surface area (Å²) in [7, 11) is -4.67. The summed E-state index contributed by atoms with van der Waals surface area (Å²) in [5.41, 5.74) is 1.78. The SMILES string of the molecule is O=C(O)C1O[C@@H](O[C@@H](CS(=O)(=O)[C@H]2C(=O)N(c3ccccc3)[C@@H]2c2ccc(-c3ccc(C4O[C@H](CO)[C@@H](O)[C@H](O)[C@H]4O)cc3)cc2O)c2ccc(F)cc2)C(O)[C@@H](O)[C@H]1O. The number of anilines is 1. The van der Waals surface area contributed by atoms with E-state index in [1.807, 2.05) is 0 Å². The van der Waals surface area contributed by atoms with Gasteiger partial charge >= 0.3 is 5.97 Å². The van der Waals surface area contributed by atoms with Gasteiger partial charge in [-0.25, -0.2) is 17.6 Å². The Kier molecular flexibility index (Phi) is 12.4. The van der Waals surface area contributed by atoms with Crippen LogP contribution in [-0.4, -0.2) is 139 Å². The fourth-order valence-corrected chi connectivity index (χ4v) is 9.72. The van der Waals surface area contributed by atoms with Crippen LogP contribution < -0.4 is 4.90 Å². The van der Waals surface area contributed by atoms with Crippen molar-refractivity contribution in [2.75, 3.05) is 17.3 Å². The van der Waals surface area contributed by atoms with Crippen LogP contribution in [0.15, 0.2) is 97.1 Å². The van der Waals surface area contributed by atoms with E-state index >= 15 is 0 Å². The van der Waals surface area contributed by atoms with E-state index in [2.05, 4.69) is 0 Å². The monoisotopic (exact) mass is 855 g/mol. The first-order valence-electron chi connectivity index (χ1n) is 18.7. The zero-order chi connectivity index (χ0) is 43.2. The zero-order valence-corrected chi connectivity index (χ0v) is 32.1. The molecule has 13 atom stereocenters. The van der Waals surface area contributed by atoms with Crippen molar-refractivity contribution in [1.29, 1.82) is 0 Å². The number of carbonyl (C=O) groups excluding carboxylic acids is 1. The second-order valence-corrected chi connectivity index (χ2v) is 17.0. The number of aliphatic hydroxyl groups is 7. The maximum absolute atomic E-state index is 14.5. The van der Waals surface area contributed by atoms with E-state index in [-0.39, 0.29) is 16.9 Å². The lowest BCUT2D eigenvalue weighted by atomic mass is 9.89. The number of ether oxygens (including phenoxy) is 3. The van der Waals surface area contributed by atoms with Gasteiger partial charge < -0.3 is 65.1 Å². The molecule has 320 valence electrons. The number of sulfone groups is 1. The van der Waals surface area contributed by atoms with E-state index in [0.717, 1.165) is 12.1 Å². The zero-order valence-electron chi connectivity index (χ0n) is 31.3. The molecule has 7 rings (SSSR count). The number of hydrogen-bond acceptors (Lipinski definition) is 15. The van der Waals surface area contributed by atoms with E-state index in [1.165, 1.54) is 29.2 Å². The van der Waals surface area contributed by atoms with E-state index < -0.39 is 119 Å². The molecule has 3 aliphatic rings. The summed E-state index contributed by atoms with van der Waals surface area (Å²) in [5, 5.41) is 90.9. The summed E-state index contributed by atoms with van der Waals surface area (Å²) >= 11 is 0. The number of para-hydroxylation sites is 1. The van der Waals surface area contributed by atoms with Crippen LogP contribution in [0.2, 0.25) is 0 Å². The number of rotatable bonds is 12. The first-order chi connectivity index (χ1) is 28.5. The Morgan fingerprint density at radius 2 is 1.42 bits per heavy atom. The first-order valence-corrected chi connectivity index (χ1v) is 20.4. The topological polar surface area (TPSA) is 281 Å². The summed E-state index contributed by atoms with van der Waals surface area (Å²) in [6, 6.07) is 21.9. The summed E-state index contributed by atoms with van der Waals surface area (Å²) < 4.78 is 59.6. The number of phenols is 1. The Morgan fingerprint density at radius 1 is 0.783 bits per heavy atom. The van der Waals surface area contributed by atoms with Crippen LogP contribution in [0.3, 0.4) is 0 Å². The molecule has 3 aliphatic heterocycles. The van der Waals surface area contributed by atoms with Gasteiger partial charge in [0.05, 0.1) is 24.5 Å². The third kappa shape index (κ3) is 8.14. The Bertz CT molecular complexity index is 2280. The number of aliphatic carboxylic acids is 1. The number of nitrogens with zero attached hydrogens (tertiary/aromatic N) is 1. The Hall–Kier alpha value is -4.90. The Labute approximate surface area is 341 Å². The largest absolute Gasteiger partial charge is 0.508 e. The van der Waals surface area contributed by atoms with Gasteiger partial charge in [-0.3, -0.25) is 4.79 Å². The van der Waals surface area contributed by atoms with Crippen LogP contribution >= 0.6 is 0 Å². The highest BCUT2D eigenvalue weighted by Crippen LogP contribution is 2.47. The molecule has 3 unspecified atom stereocenters. The molecule has 9 N–H and O–H groups in total. The molecule has 4 aromatic rings. The number of benzene rings is 4. The van der Waals surface area contributed by atoms with Crippen LogP contribution in [0.4, 0.5) is 10.1 Å². The smallest absolute Gasteiger partial charge is 0.335 e. The third-order valence-electron chi connectivity index (χ3n) is 11.0. The number of halogens is 1. The highest BCUT2D eigenvalue weighted by molar-refractivity contribution is 7.93. The number of carboxylic acids is 1. The van der Waals surface area contributed by atoms with Gasteiger partial charge in [-0.1, -0.05) is 66.7 Å². The molecule has 0 radical (unpaired) electrons. The van der Waals surface area contributed by atoms with Crippen molar-refractivity contribution in [3.05, 3.63) is 120 Å². The van der Waals surface area contributed by atoms with E-state index in [1.54, 1.807) is 60.7 Å². The quantitative estimate of drug-likeness (QED) is 0.0863. The van der Waals surface area contributed by atoms with Crippen molar-refractivity contribution >= 4 is 27.4 Å². The minimum atomic E-state index is -4.67. The molecule has 3 heterocycles. The molecule has 1 amide bonds. The van der Waals surface area contributed by atoms with E-state index in [4.69, 9.17) is 14.2 Å². The number of aliphatic hydroxyl groups excluding tert-OH is 7. The highest BCUT2D eigenvalue weighted by atomic mass is 32.2. The van der Waals surface area contributed by atoms with Crippen molar-refractivity contribution in [3.8, 4) is 16.9 Å².